The minimum atomic E-state index is -3.27. The van der Waals surface area contributed by atoms with Crippen LogP contribution in [0, 0.1) is 5.92 Å². The van der Waals surface area contributed by atoms with Gasteiger partial charge in [0.05, 0.1) is 23.8 Å². The molecule has 1 aromatic carbocycles. The van der Waals surface area contributed by atoms with Crippen molar-refractivity contribution in [3.63, 3.8) is 0 Å². The molecule has 1 atom stereocenters. The molecule has 1 amide bonds. The SMILES string of the molecule is CCCS(=O)(=O)N1CCCC(C(=O)Nc2ccc(OC)c(Cl)c2)C1. The van der Waals surface area contributed by atoms with Crippen LogP contribution in [0.4, 0.5) is 5.69 Å². The maximum Gasteiger partial charge on any atom is 0.228 e. The van der Waals surface area contributed by atoms with Gasteiger partial charge < -0.3 is 10.1 Å². The summed E-state index contributed by atoms with van der Waals surface area (Å²) < 4.78 is 30.9. The molecule has 1 unspecified atom stereocenters. The van der Waals surface area contributed by atoms with Crippen LogP contribution in [0.15, 0.2) is 18.2 Å². The molecule has 1 fully saturated rings. The van der Waals surface area contributed by atoms with E-state index in [1.54, 1.807) is 18.2 Å². The lowest BCUT2D eigenvalue weighted by Gasteiger charge is -2.31. The van der Waals surface area contributed by atoms with Crippen molar-refractivity contribution < 1.29 is 17.9 Å². The van der Waals surface area contributed by atoms with E-state index < -0.39 is 10.0 Å². The third-order valence-electron chi connectivity index (χ3n) is 4.03. The van der Waals surface area contributed by atoms with Gasteiger partial charge in [0.15, 0.2) is 0 Å². The van der Waals surface area contributed by atoms with Crippen LogP contribution in [0.25, 0.3) is 0 Å². The van der Waals surface area contributed by atoms with E-state index >= 15 is 0 Å². The standard InChI is InChI=1S/C16H23ClN2O4S/c1-3-9-24(21,22)19-8-4-5-12(11-19)16(20)18-13-6-7-15(23-2)14(17)10-13/h6-7,10,12H,3-5,8-9,11H2,1-2H3,(H,18,20). The number of nitrogens with one attached hydrogen (secondary N) is 1. The number of nitrogens with zero attached hydrogens (tertiary/aromatic N) is 1. The number of piperidine rings is 1. The molecule has 1 saturated heterocycles. The Bertz CT molecular complexity index is 693. The monoisotopic (exact) mass is 374 g/mol. The molecule has 8 heteroatoms. The topological polar surface area (TPSA) is 75.7 Å². The average Bonchev–Trinajstić information content (AvgIpc) is 2.55. The Labute approximate surface area is 148 Å². The Kier molecular flexibility index (Phi) is 6.48. The molecule has 1 N–H and O–H groups in total. The predicted molar refractivity (Wildman–Crippen MR) is 95.0 cm³/mol. The average molecular weight is 375 g/mol. The van der Waals surface area contributed by atoms with Gasteiger partial charge in [-0.25, -0.2) is 12.7 Å². The number of ether oxygens (including phenoxy) is 1. The Hall–Kier alpha value is -1.31. The highest BCUT2D eigenvalue weighted by Crippen LogP contribution is 2.28. The largest absolute Gasteiger partial charge is 0.495 e. The summed E-state index contributed by atoms with van der Waals surface area (Å²) in [6.45, 7) is 2.55. The molecule has 1 heterocycles. The van der Waals surface area contributed by atoms with Crippen molar-refractivity contribution in [3.05, 3.63) is 23.2 Å². The summed E-state index contributed by atoms with van der Waals surface area (Å²) in [5, 5.41) is 3.22. The maximum absolute atomic E-state index is 12.5. The van der Waals surface area contributed by atoms with Crippen LogP contribution >= 0.6 is 11.6 Å². The highest BCUT2D eigenvalue weighted by molar-refractivity contribution is 7.89. The van der Waals surface area contributed by atoms with Crippen molar-refractivity contribution in [1.82, 2.24) is 4.31 Å². The van der Waals surface area contributed by atoms with Crippen molar-refractivity contribution in [2.75, 3.05) is 31.3 Å². The Morgan fingerprint density at radius 1 is 1.46 bits per heavy atom. The molecule has 0 aromatic heterocycles. The summed E-state index contributed by atoms with van der Waals surface area (Å²) in [5.74, 6) is 0.109. The summed E-state index contributed by atoms with van der Waals surface area (Å²) in [4.78, 5) is 12.5. The molecule has 1 aromatic rings. The Morgan fingerprint density at radius 3 is 2.83 bits per heavy atom. The number of rotatable bonds is 6. The number of halogens is 1. The van der Waals surface area contributed by atoms with Gasteiger partial charge in [0.1, 0.15) is 5.75 Å². The number of methoxy groups -OCH3 is 1. The highest BCUT2D eigenvalue weighted by atomic mass is 35.5. The molecule has 0 bridgehead atoms. The highest BCUT2D eigenvalue weighted by Gasteiger charge is 2.31. The van der Waals surface area contributed by atoms with Gasteiger partial charge in [-0.15, -0.1) is 0 Å². The van der Waals surface area contributed by atoms with E-state index in [1.165, 1.54) is 11.4 Å². The van der Waals surface area contributed by atoms with Crippen LogP contribution in [-0.2, 0) is 14.8 Å². The Balaban J connectivity index is 2.03. The first-order valence-electron chi connectivity index (χ1n) is 7.99. The fraction of sp³-hybridized carbons (Fsp3) is 0.562. The van der Waals surface area contributed by atoms with Gasteiger partial charge in [0.2, 0.25) is 15.9 Å². The minimum Gasteiger partial charge on any atom is -0.495 e. The lowest BCUT2D eigenvalue weighted by Crippen LogP contribution is -2.44. The molecule has 0 spiro atoms. The molecule has 134 valence electrons. The number of benzene rings is 1. The van der Waals surface area contributed by atoms with Gasteiger partial charge in [-0.1, -0.05) is 18.5 Å². The summed E-state index contributed by atoms with van der Waals surface area (Å²) in [7, 11) is -1.75. The number of carbonyl (C=O) groups excluding carboxylic acids is 1. The zero-order valence-electron chi connectivity index (χ0n) is 13.9. The molecule has 0 saturated carbocycles. The van der Waals surface area contributed by atoms with Crippen molar-refractivity contribution in [2.45, 2.75) is 26.2 Å². The second-order valence-corrected chi connectivity index (χ2v) is 8.35. The predicted octanol–water partition coefficient (Wildman–Crippen LogP) is 2.74. The third-order valence-corrected chi connectivity index (χ3v) is 6.37. The number of carbonyl (C=O) groups is 1. The number of amides is 1. The number of sulfonamides is 1. The quantitative estimate of drug-likeness (QED) is 0.830. The maximum atomic E-state index is 12.5. The van der Waals surface area contributed by atoms with Gasteiger partial charge in [0, 0.05) is 18.8 Å². The van der Waals surface area contributed by atoms with Crippen LogP contribution in [0.3, 0.4) is 0 Å². The first kappa shape index (κ1) is 19.0. The first-order chi connectivity index (χ1) is 11.4. The van der Waals surface area contributed by atoms with E-state index in [-0.39, 0.29) is 24.1 Å². The second-order valence-electron chi connectivity index (χ2n) is 5.85. The minimum absolute atomic E-state index is 0.120. The van der Waals surface area contributed by atoms with Gasteiger partial charge >= 0.3 is 0 Å². The summed E-state index contributed by atoms with van der Waals surface area (Å²) >= 11 is 6.05. The zero-order chi connectivity index (χ0) is 17.7. The molecule has 1 aliphatic heterocycles. The fourth-order valence-corrected chi connectivity index (χ4v) is 4.63. The van der Waals surface area contributed by atoms with Crippen LogP contribution in [-0.4, -0.2) is 44.6 Å². The van der Waals surface area contributed by atoms with Gasteiger partial charge in [-0.3, -0.25) is 4.79 Å². The molecule has 1 aliphatic rings. The molecule has 0 aliphatic carbocycles. The molecular formula is C16H23ClN2O4S. The van der Waals surface area contributed by atoms with Crippen LogP contribution in [0.5, 0.6) is 5.75 Å². The van der Waals surface area contributed by atoms with Crippen LogP contribution in [0.1, 0.15) is 26.2 Å². The smallest absolute Gasteiger partial charge is 0.228 e. The van der Waals surface area contributed by atoms with E-state index in [0.717, 1.165) is 0 Å². The molecule has 6 nitrogen and oxygen atoms in total. The van der Waals surface area contributed by atoms with Gasteiger partial charge in [-0.05, 0) is 37.5 Å². The van der Waals surface area contributed by atoms with E-state index in [2.05, 4.69) is 5.32 Å². The lowest BCUT2D eigenvalue weighted by atomic mass is 9.98. The van der Waals surface area contributed by atoms with Crippen molar-refractivity contribution >= 4 is 33.2 Å². The summed E-state index contributed by atoms with van der Waals surface area (Å²) in [6, 6.07) is 5.00. The normalized spacial score (nSPS) is 19.0. The van der Waals surface area contributed by atoms with E-state index in [9.17, 15) is 13.2 Å². The van der Waals surface area contributed by atoms with Gasteiger partial charge in [0.25, 0.3) is 0 Å². The van der Waals surface area contributed by atoms with E-state index in [4.69, 9.17) is 16.3 Å². The zero-order valence-corrected chi connectivity index (χ0v) is 15.5. The van der Waals surface area contributed by atoms with Crippen molar-refractivity contribution in [2.24, 2.45) is 5.92 Å². The first-order valence-corrected chi connectivity index (χ1v) is 9.98. The summed E-state index contributed by atoms with van der Waals surface area (Å²) in [5.41, 5.74) is 0.569. The second kappa shape index (κ2) is 8.18. The van der Waals surface area contributed by atoms with Crippen molar-refractivity contribution in [1.29, 1.82) is 0 Å². The summed E-state index contributed by atoms with van der Waals surface area (Å²) in [6.07, 6.45) is 1.93. The molecule has 0 radical (unpaired) electrons. The number of hydrogen-bond donors (Lipinski definition) is 1. The van der Waals surface area contributed by atoms with Crippen LogP contribution in [0.2, 0.25) is 5.02 Å². The fourth-order valence-electron chi connectivity index (χ4n) is 2.78. The molecular weight excluding hydrogens is 352 g/mol. The van der Waals surface area contributed by atoms with E-state index in [1.807, 2.05) is 6.92 Å². The number of hydrogen-bond acceptors (Lipinski definition) is 4. The Morgan fingerprint density at radius 2 is 2.21 bits per heavy atom. The molecule has 2 rings (SSSR count). The van der Waals surface area contributed by atoms with E-state index in [0.29, 0.717) is 42.3 Å². The molecule has 24 heavy (non-hydrogen) atoms. The number of anilines is 1. The third kappa shape index (κ3) is 4.62. The lowest BCUT2D eigenvalue weighted by molar-refractivity contribution is -0.120. The van der Waals surface area contributed by atoms with Gasteiger partial charge in [-0.2, -0.15) is 0 Å². The van der Waals surface area contributed by atoms with Crippen LogP contribution < -0.4 is 10.1 Å². The van der Waals surface area contributed by atoms with Crippen molar-refractivity contribution in [3.8, 4) is 5.75 Å².